The zero-order valence-corrected chi connectivity index (χ0v) is 11.3. The second-order valence-electron chi connectivity index (χ2n) is 4.26. The molecule has 1 amide bonds. The summed E-state index contributed by atoms with van der Waals surface area (Å²) in [5, 5.41) is 0.358. The minimum absolute atomic E-state index is 0.135. The van der Waals surface area contributed by atoms with E-state index in [1.54, 1.807) is 24.2 Å². The molecule has 5 heteroatoms. The Kier molecular flexibility index (Phi) is 4.02. The predicted octanol–water partition coefficient (Wildman–Crippen LogP) is 2.59. The average Bonchev–Trinajstić information content (AvgIpc) is 2.41. The van der Waals surface area contributed by atoms with Gasteiger partial charge in [0.05, 0.1) is 10.6 Å². The van der Waals surface area contributed by atoms with Crippen molar-refractivity contribution in [2.75, 3.05) is 12.8 Å². The third kappa shape index (κ3) is 3.23. The van der Waals surface area contributed by atoms with Crippen LogP contribution in [-0.4, -0.2) is 22.8 Å². The van der Waals surface area contributed by atoms with E-state index in [1.165, 1.54) is 6.20 Å². The Balaban J connectivity index is 2.12. The summed E-state index contributed by atoms with van der Waals surface area (Å²) in [5.41, 5.74) is 7.79. The van der Waals surface area contributed by atoms with Crippen molar-refractivity contribution in [2.45, 2.75) is 6.54 Å². The Bertz CT molecular complexity index is 583. The van der Waals surface area contributed by atoms with E-state index < -0.39 is 0 Å². The molecule has 0 saturated heterocycles. The fourth-order valence-electron chi connectivity index (χ4n) is 1.72. The lowest BCUT2D eigenvalue weighted by Crippen LogP contribution is -2.26. The first-order chi connectivity index (χ1) is 9.08. The Morgan fingerprint density at radius 1 is 1.32 bits per heavy atom. The molecule has 0 fully saturated rings. The molecule has 0 aliphatic carbocycles. The van der Waals surface area contributed by atoms with Gasteiger partial charge in [-0.25, -0.2) is 0 Å². The van der Waals surface area contributed by atoms with E-state index in [4.69, 9.17) is 17.3 Å². The summed E-state index contributed by atoms with van der Waals surface area (Å²) in [5.74, 6) is -0.135. The topological polar surface area (TPSA) is 59.2 Å². The molecule has 19 heavy (non-hydrogen) atoms. The number of hydrogen-bond acceptors (Lipinski definition) is 3. The molecule has 4 nitrogen and oxygen atoms in total. The lowest BCUT2D eigenvalue weighted by Gasteiger charge is -2.18. The van der Waals surface area contributed by atoms with Crippen LogP contribution in [0.25, 0.3) is 0 Å². The monoisotopic (exact) mass is 275 g/mol. The van der Waals surface area contributed by atoms with E-state index >= 15 is 0 Å². The summed E-state index contributed by atoms with van der Waals surface area (Å²) in [4.78, 5) is 17.7. The molecule has 0 radical (unpaired) electrons. The summed E-state index contributed by atoms with van der Waals surface area (Å²) in [6, 6.07) is 9.03. The van der Waals surface area contributed by atoms with Crippen molar-refractivity contribution >= 4 is 23.2 Å². The number of nitrogen functional groups attached to an aromatic ring is 1. The molecular formula is C14H14ClN3O. The molecule has 0 unspecified atom stereocenters. The van der Waals surface area contributed by atoms with Crippen molar-refractivity contribution < 1.29 is 4.79 Å². The second kappa shape index (κ2) is 5.71. The van der Waals surface area contributed by atoms with Crippen LogP contribution in [0.15, 0.2) is 42.7 Å². The molecule has 1 heterocycles. The molecule has 0 spiro atoms. The Morgan fingerprint density at radius 2 is 2.00 bits per heavy atom. The van der Waals surface area contributed by atoms with Crippen LogP contribution in [0, 0.1) is 0 Å². The van der Waals surface area contributed by atoms with Crippen molar-refractivity contribution in [1.29, 1.82) is 0 Å². The molecule has 98 valence electrons. The molecule has 0 atom stereocenters. The first-order valence-corrected chi connectivity index (χ1v) is 6.15. The number of pyridine rings is 1. The second-order valence-corrected chi connectivity index (χ2v) is 4.67. The van der Waals surface area contributed by atoms with Gasteiger partial charge in [0, 0.05) is 31.7 Å². The van der Waals surface area contributed by atoms with Crippen LogP contribution in [0.1, 0.15) is 15.9 Å². The highest BCUT2D eigenvalue weighted by Crippen LogP contribution is 2.16. The van der Waals surface area contributed by atoms with Crippen LogP contribution in [0.5, 0.6) is 0 Å². The van der Waals surface area contributed by atoms with Gasteiger partial charge < -0.3 is 10.6 Å². The Hall–Kier alpha value is -2.07. The maximum Gasteiger partial charge on any atom is 0.255 e. The molecule has 1 aromatic heterocycles. The first-order valence-electron chi connectivity index (χ1n) is 5.77. The lowest BCUT2D eigenvalue weighted by atomic mass is 10.2. The van der Waals surface area contributed by atoms with Gasteiger partial charge in [0.15, 0.2) is 0 Å². The maximum absolute atomic E-state index is 12.2. The number of anilines is 1. The highest BCUT2D eigenvalue weighted by Gasteiger charge is 2.15. The molecule has 0 bridgehead atoms. The van der Waals surface area contributed by atoms with Crippen LogP contribution in [0.4, 0.5) is 5.69 Å². The third-order valence-electron chi connectivity index (χ3n) is 2.75. The van der Waals surface area contributed by atoms with Gasteiger partial charge >= 0.3 is 0 Å². The fraction of sp³-hybridized carbons (Fsp3) is 0.143. The van der Waals surface area contributed by atoms with E-state index in [-0.39, 0.29) is 5.91 Å². The number of benzene rings is 1. The van der Waals surface area contributed by atoms with Crippen molar-refractivity contribution in [3.8, 4) is 0 Å². The van der Waals surface area contributed by atoms with Crippen LogP contribution >= 0.6 is 11.6 Å². The van der Waals surface area contributed by atoms with Gasteiger partial charge in [-0.1, -0.05) is 23.7 Å². The molecule has 2 N–H and O–H groups in total. The van der Waals surface area contributed by atoms with Crippen LogP contribution in [0.3, 0.4) is 0 Å². The number of hydrogen-bond donors (Lipinski definition) is 1. The molecule has 2 rings (SSSR count). The minimum Gasteiger partial charge on any atom is -0.399 e. The molecule has 0 aliphatic rings. The molecule has 2 aromatic rings. The predicted molar refractivity (Wildman–Crippen MR) is 75.9 cm³/mol. The van der Waals surface area contributed by atoms with Gasteiger partial charge in [-0.3, -0.25) is 9.78 Å². The Labute approximate surface area is 116 Å². The van der Waals surface area contributed by atoms with Crippen LogP contribution in [-0.2, 0) is 6.54 Å². The summed E-state index contributed by atoms with van der Waals surface area (Å²) in [7, 11) is 1.73. The van der Waals surface area contributed by atoms with Gasteiger partial charge in [-0.2, -0.15) is 0 Å². The summed E-state index contributed by atoms with van der Waals surface area (Å²) in [6.45, 7) is 0.498. The van der Waals surface area contributed by atoms with Gasteiger partial charge in [0.25, 0.3) is 5.91 Å². The summed E-state index contributed by atoms with van der Waals surface area (Å²) in [6.07, 6.45) is 3.02. The van der Waals surface area contributed by atoms with Crippen LogP contribution in [0.2, 0.25) is 5.02 Å². The number of nitrogens with two attached hydrogens (primary N) is 1. The molecule has 0 saturated carbocycles. The summed E-state index contributed by atoms with van der Waals surface area (Å²) >= 11 is 5.96. The van der Waals surface area contributed by atoms with Crippen LogP contribution < -0.4 is 5.73 Å². The fourth-order valence-corrected chi connectivity index (χ4v) is 1.92. The van der Waals surface area contributed by atoms with Gasteiger partial charge in [0.2, 0.25) is 0 Å². The van der Waals surface area contributed by atoms with E-state index in [0.717, 1.165) is 5.56 Å². The van der Waals surface area contributed by atoms with Crippen molar-refractivity contribution in [2.24, 2.45) is 0 Å². The normalized spacial score (nSPS) is 10.2. The number of amides is 1. The van der Waals surface area contributed by atoms with Gasteiger partial charge in [0.1, 0.15) is 0 Å². The standard InChI is InChI=1S/C14H14ClN3O/c1-18(9-10-2-4-11(16)5-3-10)14(19)12-6-7-17-8-13(12)15/h2-8H,9,16H2,1H3. The van der Waals surface area contributed by atoms with Gasteiger partial charge in [-0.15, -0.1) is 0 Å². The summed E-state index contributed by atoms with van der Waals surface area (Å²) < 4.78 is 0. The number of nitrogens with zero attached hydrogens (tertiary/aromatic N) is 2. The highest BCUT2D eigenvalue weighted by molar-refractivity contribution is 6.33. The zero-order chi connectivity index (χ0) is 13.8. The Morgan fingerprint density at radius 3 is 2.63 bits per heavy atom. The average molecular weight is 276 g/mol. The van der Waals surface area contributed by atoms with Gasteiger partial charge in [-0.05, 0) is 23.8 Å². The number of carbonyl (C=O) groups is 1. The number of rotatable bonds is 3. The van der Waals surface area contributed by atoms with E-state index in [0.29, 0.717) is 22.8 Å². The number of carbonyl (C=O) groups excluding carboxylic acids is 1. The smallest absolute Gasteiger partial charge is 0.255 e. The number of halogens is 1. The molecule has 1 aromatic carbocycles. The van der Waals surface area contributed by atoms with Crippen molar-refractivity contribution in [3.05, 3.63) is 58.9 Å². The minimum atomic E-state index is -0.135. The van der Waals surface area contributed by atoms with E-state index in [9.17, 15) is 4.79 Å². The third-order valence-corrected chi connectivity index (χ3v) is 3.05. The van der Waals surface area contributed by atoms with Crippen molar-refractivity contribution in [3.63, 3.8) is 0 Å². The van der Waals surface area contributed by atoms with E-state index in [2.05, 4.69) is 4.98 Å². The SMILES string of the molecule is CN(Cc1ccc(N)cc1)C(=O)c1ccncc1Cl. The zero-order valence-electron chi connectivity index (χ0n) is 10.5. The maximum atomic E-state index is 12.2. The first kappa shape index (κ1) is 13.4. The van der Waals surface area contributed by atoms with E-state index in [1.807, 2.05) is 24.3 Å². The quantitative estimate of drug-likeness (QED) is 0.876. The largest absolute Gasteiger partial charge is 0.399 e. The molecular weight excluding hydrogens is 262 g/mol. The highest BCUT2D eigenvalue weighted by atomic mass is 35.5. The van der Waals surface area contributed by atoms with Crippen molar-refractivity contribution in [1.82, 2.24) is 9.88 Å². The number of aromatic nitrogens is 1. The molecule has 0 aliphatic heterocycles. The lowest BCUT2D eigenvalue weighted by molar-refractivity contribution is 0.0785.